The number of hydrogen-bond acceptors (Lipinski definition) is 4. The summed E-state index contributed by atoms with van der Waals surface area (Å²) in [6.45, 7) is 3.69. The Morgan fingerprint density at radius 3 is 2.39 bits per heavy atom. The lowest BCUT2D eigenvalue weighted by Crippen LogP contribution is -2.29. The molecule has 2 aromatic carbocycles. The molecule has 0 fully saturated rings. The molecule has 7 nitrogen and oxygen atoms in total. The Kier molecular flexibility index (Phi) is 4.70. The smallest absolute Gasteiger partial charge is 0.314 e. The number of benzene rings is 2. The van der Waals surface area contributed by atoms with Gasteiger partial charge in [-0.05, 0) is 37.1 Å². The number of nitrogens with one attached hydrogen (secondary N) is 2. The minimum atomic E-state index is -0.897. The van der Waals surface area contributed by atoms with Gasteiger partial charge in [-0.3, -0.25) is 19.7 Å². The molecule has 0 saturated heterocycles. The third kappa shape index (κ3) is 4.13. The molecule has 2 amide bonds. The molecule has 0 radical (unpaired) electrons. The van der Waals surface area contributed by atoms with Crippen LogP contribution in [0, 0.1) is 24.0 Å². The van der Waals surface area contributed by atoms with Crippen LogP contribution in [0.2, 0.25) is 0 Å². The number of nitrogens with zero attached hydrogens (tertiary/aromatic N) is 1. The SMILES string of the molecule is Cc1ccc(C)c(NC(=O)C(=O)Nc2cccc([N+](=O)[O-])c2)c1. The maximum atomic E-state index is 11.9. The molecule has 2 aromatic rings. The van der Waals surface area contributed by atoms with Crippen LogP contribution in [0.3, 0.4) is 0 Å². The highest BCUT2D eigenvalue weighted by Crippen LogP contribution is 2.18. The molecule has 0 heterocycles. The lowest BCUT2D eigenvalue weighted by atomic mass is 10.1. The molecule has 7 heteroatoms. The summed E-state index contributed by atoms with van der Waals surface area (Å²) < 4.78 is 0. The predicted molar refractivity (Wildman–Crippen MR) is 86.3 cm³/mol. The zero-order chi connectivity index (χ0) is 17.0. The van der Waals surface area contributed by atoms with Crippen molar-refractivity contribution in [1.29, 1.82) is 0 Å². The lowest BCUT2D eigenvalue weighted by molar-refractivity contribution is -0.384. The van der Waals surface area contributed by atoms with Crippen LogP contribution in [0.25, 0.3) is 0 Å². The molecule has 0 aliphatic rings. The molecule has 118 valence electrons. The van der Waals surface area contributed by atoms with Gasteiger partial charge in [-0.15, -0.1) is 0 Å². The van der Waals surface area contributed by atoms with Gasteiger partial charge in [-0.2, -0.15) is 0 Å². The molecule has 0 saturated carbocycles. The van der Waals surface area contributed by atoms with Crippen LogP contribution in [0.5, 0.6) is 0 Å². The summed E-state index contributed by atoms with van der Waals surface area (Å²) in [5.74, 6) is -1.74. The van der Waals surface area contributed by atoms with Crippen molar-refractivity contribution in [2.45, 2.75) is 13.8 Å². The summed E-state index contributed by atoms with van der Waals surface area (Å²) in [5, 5.41) is 15.6. The van der Waals surface area contributed by atoms with Crippen molar-refractivity contribution in [3.63, 3.8) is 0 Å². The van der Waals surface area contributed by atoms with Crippen molar-refractivity contribution in [3.05, 3.63) is 63.7 Å². The first-order valence-corrected chi connectivity index (χ1v) is 6.81. The van der Waals surface area contributed by atoms with Crippen LogP contribution in [-0.4, -0.2) is 16.7 Å². The van der Waals surface area contributed by atoms with Gasteiger partial charge in [-0.1, -0.05) is 18.2 Å². The number of non-ortho nitro benzene ring substituents is 1. The fourth-order valence-corrected chi connectivity index (χ4v) is 1.93. The van der Waals surface area contributed by atoms with Gasteiger partial charge >= 0.3 is 11.8 Å². The van der Waals surface area contributed by atoms with Crippen LogP contribution in [-0.2, 0) is 9.59 Å². The topological polar surface area (TPSA) is 101 Å². The Hall–Kier alpha value is -3.22. The number of carbonyl (C=O) groups excluding carboxylic acids is 2. The molecular formula is C16H15N3O4. The number of carbonyl (C=O) groups is 2. The summed E-state index contributed by atoms with van der Waals surface area (Å²) in [4.78, 5) is 34.0. The molecule has 0 atom stereocenters. The lowest BCUT2D eigenvalue weighted by Gasteiger charge is -2.09. The first-order chi connectivity index (χ1) is 10.9. The monoisotopic (exact) mass is 313 g/mol. The van der Waals surface area contributed by atoms with Gasteiger partial charge in [0.2, 0.25) is 0 Å². The van der Waals surface area contributed by atoms with E-state index in [2.05, 4.69) is 10.6 Å². The number of nitro groups is 1. The van der Waals surface area contributed by atoms with Crippen molar-refractivity contribution >= 4 is 28.9 Å². The van der Waals surface area contributed by atoms with E-state index in [0.717, 1.165) is 11.1 Å². The van der Waals surface area contributed by atoms with E-state index in [1.165, 1.54) is 24.3 Å². The number of nitro benzene ring substituents is 1. The van der Waals surface area contributed by atoms with Gasteiger partial charge < -0.3 is 10.6 Å². The molecule has 2 rings (SSSR count). The highest BCUT2D eigenvalue weighted by molar-refractivity contribution is 6.43. The standard InChI is InChI=1S/C16H15N3O4/c1-10-6-7-11(2)14(8-10)18-16(21)15(20)17-12-4-3-5-13(9-12)19(22)23/h3-9H,1-2H3,(H,17,20)(H,18,21). The number of aryl methyl sites for hydroxylation is 2. The number of hydrogen-bond donors (Lipinski definition) is 2. The summed E-state index contributed by atoms with van der Waals surface area (Å²) >= 11 is 0. The van der Waals surface area contributed by atoms with Gasteiger partial charge in [0.05, 0.1) is 4.92 Å². The molecule has 0 aliphatic carbocycles. The number of rotatable bonds is 3. The first-order valence-electron chi connectivity index (χ1n) is 6.81. The van der Waals surface area contributed by atoms with Gasteiger partial charge in [0.15, 0.2) is 0 Å². The fourth-order valence-electron chi connectivity index (χ4n) is 1.93. The van der Waals surface area contributed by atoms with E-state index in [0.29, 0.717) is 5.69 Å². The van der Waals surface area contributed by atoms with E-state index >= 15 is 0 Å². The van der Waals surface area contributed by atoms with E-state index in [1.807, 2.05) is 26.0 Å². The summed E-state index contributed by atoms with van der Waals surface area (Å²) in [5.41, 5.74) is 2.33. The van der Waals surface area contributed by atoms with Crippen LogP contribution in [0.4, 0.5) is 17.1 Å². The maximum absolute atomic E-state index is 11.9. The Morgan fingerprint density at radius 2 is 1.70 bits per heavy atom. The molecule has 0 aliphatic heterocycles. The summed E-state index contributed by atoms with van der Waals surface area (Å²) in [6.07, 6.45) is 0. The highest BCUT2D eigenvalue weighted by Gasteiger charge is 2.16. The quantitative estimate of drug-likeness (QED) is 0.517. The third-order valence-electron chi connectivity index (χ3n) is 3.16. The minimum Gasteiger partial charge on any atom is -0.318 e. The van der Waals surface area contributed by atoms with Crippen molar-refractivity contribution in [2.75, 3.05) is 10.6 Å². The van der Waals surface area contributed by atoms with Crippen LogP contribution >= 0.6 is 0 Å². The predicted octanol–water partition coefficient (Wildman–Crippen LogP) is 2.79. The van der Waals surface area contributed by atoms with Gasteiger partial charge in [-0.25, -0.2) is 0 Å². The third-order valence-corrected chi connectivity index (χ3v) is 3.16. The molecule has 2 N–H and O–H groups in total. The van der Waals surface area contributed by atoms with Gasteiger partial charge in [0.25, 0.3) is 5.69 Å². The van der Waals surface area contributed by atoms with E-state index < -0.39 is 16.7 Å². The number of amides is 2. The maximum Gasteiger partial charge on any atom is 0.314 e. The minimum absolute atomic E-state index is 0.169. The highest BCUT2D eigenvalue weighted by atomic mass is 16.6. The summed E-state index contributed by atoms with van der Waals surface area (Å²) in [7, 11) is 0. The van der Waals surface area contributed by atoms with Crippen molar-refractivity contribution in [2.24, 2.45) is 0 Å². The zero-order valence-corrected chi connectivity index (χ0v) is 12.6. The Bertz CT molecular complexity index is 787. The second-order valence-corrected chi connectivity index (χ2v) is 5.03. The van der Waals surface area contributed by atoms with Crippen molar-refractivity contribution in [1.82, 2.24) is 0 Å². The van der Waals surface area contributed by atoms with Crippen LogP contribution in [0.1, 0.15) is 11.1 Å². The second kappa shape index (κ2) is 6.69. The van der Waals surface area contributed by atoms with Gasteiger partial charge in [0, 0.05) is 23.5 Å². The molecule has 0 spiro atoms. The zero-order valence-electron chi connectivity index (χ0n) is 12.6. The molecular weight excluding hydrogens is 298 g/mol. The van der Waals surface area contributed by atoms with Gasteiger partial charge in [0.1, 0.15) is 0 Å². The first kappa shape index (κ1) is 16.2. The Balaban J connectivity index is 2.08. The average molecular weight is 313 g/mol. The van der Waals surface area contributed by atoms with Crippen LogP contribution in [0.15, 0.2) is 42.5 Å². The van der Waals surface area contributed by atoms with Crippen molar-refractivity contribution < 1.29 is 14.5 Å². The van der Waals surface area contributed by atoms with Crippen molar-refractivity contribution in [3.8, 4) is 0 Å². The Labute approximate surface area is 132 Å². The van der Waals surface area contributed by atoms with E-state index in [1.54, 1.807) is 6.07 Å². The van der Waals surface area contributed by atoms with Crippen LogP contribution < -0.4 is 10.6 Å². The number of anilines is 2. The van der Waals surface area contributed by atoms with E-state index in [4.69, 9.17) is 0 Å². The Morgan fingerprint density at radius 1 is 1.00 bits per heavy atom. The molecule has 0 bridgehead atoms. The molecule has 23 heavy (non-hydrogen) atoms. The fraction of sp³-hybridized carbons (Fsp3) is 0.125. The van der Waals surface area contributed by atoms with E-state index in [9.17, 15) is 19.7 Å². The summed E-state index contributed by atoms with van der Waals surface area (Å²) in [6, 6.07) is 10.9. The largest absolute Gasteiger partial charge is 0.318 e. The normalized spacial score (nSPS) is 10.0. The van der Waals surface area contributed by atoms with E-state index in [-0.39, 0.29) is 11.4 Å². The average Bonchev–Trinajstić information content (AvgIpc) is 2.51. The molecule has 0 unspecified atom stereocenters. The molecule has 0 aromatic heterocycles. The second-order valence-electron chi connectivity index (χ2n) is 5.03.